The van der Waals surface area contributed by atoms with Crippen LogP contribution in [0, 0.1) is 0 Å². The number of carbonyl (C=O) groups is 3. The highest BCUT2D eigenvalue weighted by atomic mass is 19.4. The quantitative estimate of drug-likeness (QED) is 0.405. The molecule has 1 fully saturated rings. The van der Waals surface area contributed by atoms with Crippen molar-refractivity contribution >= 4 is 18.1 Å². The highest BCUT2D eigenvalue weighted by Gasteiger charge is 2.52. The number of nitrogens with zero attached hydrogens (tertiary/aromatic N) is 1. The lowest BCUT2D eigenvalue weighted by Crippen LogP contribution is -2.58. The van der Waals surface area contributed by atoms with E-state index in [4.69, 9.17) is 9.47 Å². The summed E-state index contributed by atoms with van der Waals surface area (Å²) in [4.78, 5) is 40.5. The molecule has 4 atom stereocenters. The summed E-state index contributed by atoms with van der Waals surface area (Å²) in [6.07, 6.45) is -1.99. The van der Waals surface area contributed by atoms with Crippen LogP contribution in [-0.4, -0.2) is 77.8 Å². The van der Waals surface area contributed by atoms with E-state index in [-0.39, 0.29) is 47.4 Å². The van der Waals surface area contributed by atoms with E-state index in [9.17, 15) is 37.8 Å². The standard InChI is InChI=1S/C30H31F3N2O7/c1-41-23-13-16(15-37)12-20-24-21(28(39)34-10-11-36)14-22(25(38)27(24)42-26(20)23)35(19-4-2-3-5-19)29(40)17-6-8-18(9-7-17)30(31,32)33/h6-9,12-15,19,22,24-25,27,36,38H,2-5,10-11H2,1H3,(H,34,39). The number of hydrogen-bond donors (Lipinski definition) is 3. The maximum Gasteiger partial charge on any atom is 0.416 e. The average Bonchev–Trinajstić information content (AvgIpc) is 3.65. The fourth-order valence-corrected chi connectivity index (χ4v) is 6.21. The largest absolute Gasteiger partial charge is 0.493 e. The minimum absolute atomic E-state index is 0.0109. The van der Waals surface area contributed by atoms with E-state index in [1.54, 1.807) is 6.07 Å². The Morgan fingerprint density at radius 3 is 2.45 bits per heavy atom. The van der Waals surface area contributed by atoms with Gasteiger partial charge in [0.05, 0.1) is 31.2 Å². The summed E-state index contributed by atoms with van der Waals surface area (Å²) in [6.45, 7) is -0.376. The normalized spacial score (nSPS) is 23.3. The fraction of sp³-hybridized carbons (Fsp3) is 0.433. The van der Waals surface area contributed by atoms with Crippen LogP contribution < -0.4 is 14.8 Å². The van der Waals surface area contributed by atoms with Gasteiger partial charge in [0.2, 0.25) is 5.91 Å². The van der Waals surface area contributed by atoms with E-state index >= 15 is 0 Å². The molecule has 3 aliphatic rings. The number of hydrogen-bond acceptors (Lipinski definition) is 7. The van der Waals surface area contributed by atoms with Crippen molar-refractivity contribution in [2.45, 2.75) is 62.1 Å². The molecule has 224 valence electrons. The van der Waals surface area contributed by atoms with Gasteiger partial charge in [0.1, 0.15) is 18.5 Å². The number of benzene rings is 2. The Labute approximate surface area is 239 Å². The number of ether oxygens (including phenoxy) is 2. The number of methoxy groups -OCH3 is 1. The Kier molecular flexibility index (Phi) is 8.29. The monoisotopic (exact) mass is 588 g/mol. The Morgan fingerprint density at radius 2 is 1.86 bits per heavy atom. The van der Waals surface area contributed by atoms with Crippen LogP contribution in [0.25, 0.3) is 0 Å². The molecule has 0 radical (unpaired) electrons. The van der Waals surface area contributed by atoms with E-state index in [1.165, 1.54) is 24.2 Å². The van der Waals surface area contributed by atoms with Crippen LogP contribution in [0.15, 0.2) is 48.0 Å². The molecule has 2 aromatic rings. The molecule has 1 aliphatic heterocycles. The second kappa shape index (κ2) is 11.8. The summed E-state index contributed by atoms with van der Waals surface area (Å²) < 4.78 is 51.2. The molecule has 9 nitrogen and oxygen atoms in total. The molecule has 3 N–H and O–H groups in total. The van der Waals surface area contributed by atoms with E-state index < -0.39 is 47.7 Å². The fourth-order valence-electron chi connectivity index (χ4n) is 6.21. The van der Waals surface area contributed by atoms with Crippen molar-refractivity contribution in [2.24, 2.45) is 0 Å². The van der Waals surface area contributed by atoms with Crippen LogP contribution in [0.1, 0.15) is 63.4 Å². The van der Waals surface area contributed by atoms with Gasteiger partial charge in [0.25, 0.3) is 5.91 Å². The number of fused-ring (bicyclic) bond motifs is 3. The van der Waals surface area contributed by atoms with Crippen molar-refractivity contribution < 1.29 is 47.2 Å². The van der Waals surface area contributed by atoms with Crippen LogP contribution in [0.3, 0.4) is 0 Å². The molecule has 42 heavy (non-hydrogen) atoms. The maximum absolute atomic E-state index is 14.0. The smallest absolute Gasteiger partial charge is 0.416 e. The first-order chi connectivity index (χ1) is 20.1. The third-order valence-corrected chi connectivity index (χ3v) is 8.14. The van der Waals surface area contributed by atoms with Crippen LogP contribution in [0.5, 0.6) is 11.5 Å². The lowest BCUT2D eigenvalue weighted by atomic mass is 9.76. The second-order valence-electron chi connectivity index (χ2n) is 10.6. The highest BCUT2D eigenvalue weighted by molar-refractivity contribution is 5.98. The molecule has 5 rings (SSSR count). The van der Waals surface area contributed by atoms with Crippen molar-refractivity contribution in [1.29, 1.82) is 0 Å². The zero-order valence-corrected chi connectivity index (χ0v) is 22.8. The zero-order valence-electron chi connectivity index (χ0n) is 22.8. The lowest BCUT2D eigenvalue weighted by molar-refractivity contribution is -0.137. The van der Waals surface area contributed by atoms with Crippen molar-refractivity contribution in [3.05, 3.63) is 70.3 Å². The van der Waals surface area contributed by atoms with Gasteiger partial charge in [-0.2, -0.15) is 13.2 Å². The molecular weight excluding hydrogens is 557 g/mol. The first kappa shape index (κ1) is 29.6. The molecule has 12 heteroatoms. The van der Waals surface area contributed by atoms with Crippen LogP contribution >= 0.6 is 0 Å². The predicted molar refractivity (Wildman–Crippen MR) is 143 cm³/mol. The first-order valence-corrected chi connectivity index (χ1v) is 13.7. The summed E-state index contributed by atoms with van der Waals surface area (Å²) in [6, 6.07) is 5.52. The van der Waals surface area contributed by atoms with Crippen molar-refractivity contribution in [3.8, 4) is 11.5 Å². The molecule has 2 amide bonds. The van der Waals surface area contributed by atoms with Crippen molar-refractivity contribution in [2.75, 3.05) is 20.3 Å². The first-order valence-electron chi connectivity index (χ1n) is 13.7. The van der Waals surface area contributed by atoms with Gasteiger partial charge in [-0.05, 0) is 55.3 Å². The Morgan fingerprint density at radius 1 is 1.17 bits per heavy atom. The van der Waals surface area contributed by atoms with Crippen LogP contribution in [0.2, 0.25) is 0 Å². The lowest BCUT2D eigenvalue weighted by Gasteiger charge is -2.43. The third kappa shape index (κ3) is 5.36. The highest BCUT2D eigenvalue weighted by Crippen LogP contribution is 2.51. The minimum atomic E-state index is -4.57. The zero-order chi connectivity index (χ0) is 30.2. The van der Waals surface area contributed by atoms with Crippen LogP contribution in [-0.2, 0) is 11.0 Å². The topological polar surface area (TPSA) is 125 Å². The second-order valence-corrected chi connectivity index (χ2v) is 10.6. The van der Waals surface area contributed by atoms with E-state index in [2.05, 4.69) is 5.32 Å². The number of amides is 2. The van der Waals surface area contributed by atoms with Gasteiger partial charge in [-0.25, -0.2) is 0 Å². The van der Waals surface area contributed by atoms with E-state index in [0.717, 1.165) is 37.1 Å². The molecule has 1 heterocycles. The summed E-state index contributed by atoms with van der Waals surface area (Å²) in [5.74, 6) is -1.49. The van der Waals surface area contributed by atoms with Gasteiger partial charge >= 0.3 is 6.18 Å². The summed E-state index contributed by atoms with van der Waals surface area (Å²) in [5, 5.41) is 23.7. The maximum atomic E-state index is 14.0. The third-order valence-electron chi connectivity index (χ3n) is 8.14. The van der Waals surface area contributed by atoms with Gasteiger partial charge in [-0.15, -0.1) is 0 Å². The molecule has 1 saturated carbocycles. The molecule has 2 aromatic carbocycles. The summed E-state index contributed by atoms with van der Waals surface area (Å²) in [5.41, 5.74) is 0.000579. The number of carbonyl (C=O) groups excluding carboxylic acids is 3. The number of rotatable bonds is 8. The van der Waals surface area contributed by atoms with Gasteiger partial charge in [-0.1, -0.05) is 12.8 Å². The molecule has 0 saturated heterocycles. The minimum Gasteiger partial charge on any atom is -0.493 e. The Balaban J connectivity index is 1.60. The van der Waals surface area contributed by atoms with Gasteiger partial charge in [0.15, 0.2) is 11.5 Å². The summed E-state index contributed by atoms with van der Waals surface area (Å²) in [7, 11) is 1.39. The number of aldehydes is 1. The van der Waals surface area contributed by atoms with Crippen molar-refractivity contribution in [3.63, 3.8) is 0 Å². The molecule has 0 aromatic heterocycles. The number of aliphatic hydroxyl groups is 2. The molecule has 0 spiro atoms. The van der Waals surface area contributed by atoms with Gasteiger partial charge in [-0.3, -0.25) is 14.4 Å². The molecule has 2 aliphatic carbocycles. The number of alkyl halides is 3. The van der Waals surface area contributed by atoms with E-state index in [0.29, 0.717) is 24.7 Å². The predicted octanol–water partition coefficient (Wildman–Crippen LogP) is 3.23. The summed E-state index contributed by atoms with van der Waals surface area (Å²) >= 11 is 0. The van der Waals surface area contributed by atoms with Crippen molar-refractivity contribution in [1.82, 2.24) is 10.2 Å². The number of nitrogens with one attached hydrogen (secondary N) is 1. The molecular formula is C30H31F3N2O7. The number of aliphatic hydroxyl groups excluding tert-OH is 2. The van der Waals surface area contributed by atoms with Gasteiger partial charge < -0.3 is 29.9 Å². The Bertz CT molecular complexity index is 1390. The molecule has 0 bridgehead atoms. The average molecular weight is 589 g/mol. The van der Waals surface area contributed by atoms with E-state index in [1.807, 2.05) is 0 Å². The Hall–Kier alpha value is -3.90. The van der Waals surface area contributed by atoms with Crippen LogP contribution in [0.4, 0.5) is 13.2 Å². The molecule has 4 unspecified atom stereocenters. The number of halogens is 3. The SMILES string of the molecule is COc1cc(C=O)cc2c1OC1C2C(C(=O)NCCO)=CC(N(C(=O)c2ccc(C(F)(F)F)cc2)C2CCCC2)C1O. The van der Waals surface area contributed by atoms with Gasteiger partial charge in [0, 0.05) is 34.9 Å².